The number of allylic oxidation sites excluding steroid dienone is 2. The van der Waals surface area contributed by atoms with Gasteiger partial charge in [0.1, 0.15) is 23.0 Å². The van der Waals surface area contributed by atoms with Gasteiger partial charge in [-0.15, -0.1) is 0 Å². The maximum absolute atomic E-state index is 6.32. The molecule has 148 valence electrons. The molecule has 0 bridgehead atoms. The number of ether oxygens (including phenoxy) is 3. The van der Waals surface area contributed by atoms with Crippen LogP contribution in [-0.2, 0) is 4.74 Å². The Morgan fingerprint density at radius 2 is 1.03 bits per heavy atom. The number of nitrogens with two attached hydrogens (primary N) is 2. The summed E-state index contributed by atoms with van der Waals surface area (Å²) in [7, 11) is 0. The van der Waals surface area contributed by atoms with E-state index in [-0.39, 0.29) is 0 Å². The van der Waals surface area contributed by atoms with Crippen LogP contribution in [0.1, 0.15) is 12.8 Å². The van der Waals surface area contributed by atoms with E-state index in [4.69, 9.17) is 25.7 Å². The van der Waals surface area contributed by atoms with Crippen molar-refractivity contribution in [1.29, 1.82) is 0 Å². The van der Waals surface area contributed by atoms with Crippen LogP contribution in [0.2, 0.25) is 0 Å². The lowest BCUT2D eigenvalue weighted by Crippen LogP contribution is -2.44. The van der Waals surface area contributed by atoms with Gasteiger partial charge < -0.3 is 14.2 Å². The Bertz CT molecular complexity index is 887. The van der Waals surface area contributed by atoms with Gasteiger partial charge in [0.2, 0.25) is 0 Å². The second kappa shape index (κ2) is 7.99. The standard InChI is InChI=1S/C24H24N2O3/c25-23(28-21-7-3-1-4-8-21)15-11-19(12-16-23)27-20-13-17-24(26,18-14-20)29-22-9-5-2-6-10-22/h1-15,17H,16,18,25-26H2. The van der Waals surface area contributed by atoms with Crippen LogP contribution < -0.4 is 20.9 Å². The monoisotopic (exact) mass is 388 g/mol. The molecule has 5 heteroatoms. The normalized spacial score (nSPS) is 25.7. The summed E-state index contributed by atoms with van der Waals surface area (Å²) >= 11 is 0. The van der Waals surface area contributed by atoms with Crippen LogP contribution in [-0.4, -0.2) is 11.4 Å². The molecule has 0 saturated carbocycles. The minimum atomic E-state index is -0.888. The fourth-order valence-corrected chi connectivity index (χ4v) is 3.09. The van der Waals surface area contributed by atoms with Gasteiger partial charge >= 0.3 is 0 Å². The Morgan fingerprint density at radius 1 is 0.621 bits per heavy atom. The summed E-state index contributed by atoms with van der Waals surface area (Å²) in [6.45, 7) is 0. The maximum atomic E-state index is 6.32. The highest BCUT2D eigenvalue weighted by molar-refractivity contribution is 5.32. The predicted octanol–water partition coefficient (Wildman–Crippen LogP) is 4.16. The van der Waals surface area contributed by atoms with Gasteiger partial charge in [-0.25, -0.2) is 0 Å². The van der Waals surface area contributed by atoms with E-state index in [1.807, 2.05) is 97.1 Å². The molecular formula is C24H24N2O3. The van der Waals surface area contributed by atoms with Crippen molar-refractivity contribution in [2.75, 3.05) is 0 Å². The van der Waals surface area contributed by atoms with Crippen LogP contribution in [0, 0.1) is 0 Å². The van der Waals surface area contributed by atoms with E-state index >= 15 is 0 Å². The fourth-order valence-electron chi connectivity index (χ4n) is 3.09. The van der Waals surface area contributed by atoms with Gasteiger partial charge in [-0.05, 0) is 60.7 Å². The molecule has 0 heterocycles. The molecule has 2 aliphatic carbocycles. The molecule has 4 rings (SSSR count). The van der Waals surface area contributed by atoms with E-state index in [2.05, 4.69) is 0 Å². The van der Waals surface area contributed by atoms with Crippen LogP contribution in [0.3, 0.4) is 0 Å². The molecule has 0 fully saturated rings. The first-order chi connectivity index (χ1) is 14.0. The van der Waals surface area contributed by atoms with Gasteiger partial charge in [0.15, 0.2) is 11.4 Å². The molecule has 4 N–H and O–H groups in total. The molecule has 29 heavy (non-hydrogen) atoms. The van der Waals surface area contributed by atoms with Crippen LogP contribution >= 0.6 is 0 Å². The SMILES string of the molecule is NC1(Oc2ccccc2)C=CC(OC2=CCC(N)(Oc3ccccc3)C=C2)=CC1. The summed E-state index contributed by atoms with van der Waals surface area (Å²) in [4.78, 5) is 0. The molecule has 0 aliphatic heterocycles. The first-order valence-corrected chi connectivity index (χ1v) is 9.55. The minimum absolute atomic E-state index is 0.503. The second-order valence-corrected chi connectivity index (χ2v) is 7.13. The zero-order valence-electron chi connectivity index (χ0n) is 16.0. The molecule has 2 aliphatic rings. The molecule has 0 spiro atoms. The molecule has 0 saturated heterocycles. The lowest BCUT2D eigenvalue weighted by atomic mass is 10.0. The second-order valence-electron chi connectivity index (χ2n) is 7.13. The summed E-state index contributed by atoms with van der Waals surface area (Å²) in [5.74, 6) is 2.89. The lowest BCUT2D eigenvalue weighted by Gasteiger charge is -2.30. The van der Waals surface area contributed by atoms with E-state index in [1.54, 1.807) is 0 Å². The van der Waals surface area contributed by atoms with E-state index < -0.39 is 11.4 Å². The summed E-state index contributed by atoms with van der Waals surface area (Å²) in [6.07, 6.45) is 12.1. The van der Waals surface area contributed by atoms with Crippen LogP contribution in [0.5, 0.6) is 11.5 Å². The third kappa shape index (κ3) is 4.96. The third-order valence-corrected chi connectivity index (χ3v) is 4.64. The van der Waals surface area contributed by atoms with E-state index in [0.717, 1.165) is 11.5 Å². The number of benzene rings is 2. The first kappa shape index (κ1) is 19.1. The summed E-state index contributed by atoms with van der Waals surface area (Å²) in [5, 5.41) is 0. The van der Waals surface area contributed by atoms with Crippen LogP contribution in [0.4, 0.5) is 0 Å². The highest BCUT2D eigenvalue weighted by atomic mass is 16.5. The number of hydrogen-bond donors (Lipinski definition) is 2. The van der Waals surface area contributed by atoms with Crippen molar-refractivity contribution in [1.82, 2.24) is 0 Å². The average Bonchev–Trinajstić information content (AvgIpc) is 2.73. The van der Waals surface area contributed by atoms with E-state index in [9.17, 15) is 0 Å². The maximum Gasteiger partial charge on any atom is 0.181 e. The largest absolute Gasteiger partial charge is 0.469 e. The van der Waals surface area contributed by atoms with Crippen molar-refractivity contribution < 1.29 is 14.2 Å². The topological polar surface area (TPSA) is 79.7 Å². The quantitative estimate of drug-likeness (QED) is 0.727. The molecule has 2 aromatic carbocycles. The molecule has 2 atom stereocenters. The Balaban J connectivity index is 1.33. The minimum Gasteiger partial charge on any atom is -0.469 e. The summed E-state index contributed by atoms with van der Waals surface area (Å²) in [6, 6.07) is 19.0. The van der Waals surface area contributed by atoms with Gasteiger partial charge in [0.25, 0.3) is 0 Å². The molecule has 5 nitrogen and oxygen atoms in total. The number of para-hydroxylation sites is 2. The number of rotatable bonds is 6. The summed E-state index contributed by atoms with van der Waals surface area (Å²) < 4.78 is 17.7. The van der Waals surface area contributed by atoms with Crippen molar-refractivity contribution in [3.05, 3.63) is 109 Å². The van der Waals surface area contributed by atoms with Crippen molar-refractivity contribution in [2.45, 2.75) is 24.3 Å². The molecule has 2 unspecified atom stereocenters. The Morgan fingerprint density at radius 3 is 1.38 bits per heavy atom. The smallest absolute Gasteiger partial charge is 0.181 e. The highest BCUT2D eigenvalue weighted by Crippen LogP contribution is 2.28. The molecule has 0 aromatic heterocycles. The Hall–Kier alpha value is -3.28. The fraction of sp³-hybridized carbons (Fsp3) is 0.167. The molecular weight excluding hydrogens is 364 g/mol. The van der Waals surface area contributed by atoms with Crippen molar-refractivity contribution >= 4 is 0 Å². The predicted molar refractivity (Wildman–Crippen MR) is 113 cm³/mol. The zero-order chi connectivity index (χ0) is 20.2. The average molecular weight is 388 g/mol. The van der Waals surface area contributed by atoms with Crippen molar-refractivity contribution in [2.24, 2.45) is 11.5 Å². The highest BCUT2D eigenvalue weighted by Gasteiger charge is 2.28. The van der Waals surface area contributed by atoms with E-state index in [0.29, 0.717) is 24.4 Å². The molecule has 0 radical (unpaired) electrons. The van der Waals surface area contributed by atoms with Crippen molar-refractivity contribution in [3.8, 4) is 11.5 Å². The van der Waals surface area contributed by atoms with Crippen LogP contribution in [0.25, 0.3) is 0 Å². The van der Waals surface area contributed by atoms with Crippen molar-refractivity contribution in [3.63, 3.8) is 0 Å². The Labute approximate surface area is 170 Å². The Kier molecular flexibility index (Phi) is 5.25. The molecule has 2 aromatic rings. The molecule has 0 amide bonds. The van der Waals surface area contributed by atoms with Gasteiger partial charge in [-0.1, -0.05) is 36.4 Å². The first-order valence-electron chi connectivity index (χ1n) is 9.55. The van der Waals surface area contributed by atoms with Gasteiger partial charge in [0.05, 0.1) is 0 Å². The zero-order valence-corrected chi connectivity index (χ0v) is 16.0. The lowest BCUT2D eigenvalue weighted by molar-refractivity contribution is 0.123. The van der Waals surface area contributed by atoms with Gasteiger partial charge in [-0.2, -0.15) is 0 Å². The third-order valence-electron chi connectivity index (χ3n) is 4.64. The van der Waals surface area contributed by atoms with Crippen LogP contribution in [0.15, 0.2) is 109 Å². The van der Waals surface area contributed by atoms with Gasteiger partial charge in [0, 0.05) is 12.8 Å². The van der Waals surface area contributed by atoms with E-state index in [1.165, 1.54) is 0 Å². The van der Waals surface area contributed by atoms with Gasteiger partial charge in [-0.3, -0.25) is 11.5 Å². The summed E-state index contributed by atoms with van der Waals surface area (Å²) in [5.41, 5.74) is 10.9. The number of hydrogen-bond acceptors (Lipinski definition) is 5.